The largest absolute Gasteiger partial charge is 0.477 e. The number of hydrogen-bond donors (Lipinski definition) is 4. The van der Waals surface area contributed by atoms with Gasteiger partial charge < -0.3 is 20.1 Å². The number of carboxylic acid groups (broad SMARTS) is 1. The number of para-hydroxylation sites is 1. The third-order valence-electron chi connectivity index (χ3n) is 6.65. The lowest BCUT2D eigenvalue weighted by Gasteiger charge is -2.12. The highest BCUT2D eigenvalue weighted by Crippen LogP contribution is 2.33. The molecule has 0 bridgehead atoms. The molecule has 0 aliphatic carbocycles. The Morgan fingerprint density at radius 2 is 1.84 bits per heavy atom. The molecule has 0 spiro atoms. The number of halogens is 2. The van der Waals surface area contributed by atoms with E-state index in [1.54, 1.807) is 24.3 Å². The zero-order chi connectivity index (χ0) is 26.0. The molecule has 9 nitrogen and oxygen atoms in total. The van der Waals surface area contributed by atoms with Crippen molar-refractivity contribution >= 4 is 33.5 Å². The Morgan fingerprint density at radius 1 is 1.05 bits per heavy atom. The number of aromatic amines is 1. The summed E-state index contributed by atoms with van der Waals surface area (Å²) in [6.07, 6.45) is 0. The number of H-pyrrole nitrogens is 1. The normalized spacial score (nSPS) is 12.7. The topological polar surface area (TPSA) is 121 Å². The molecule has 0 radical (unpaired) electrons. The van der Waals surface area contributed by atoms with Crippen molar-refractivity contribution in [2.24, 2.45) is 0 Å². The molecule has 6 rings (SSSR count). The number of benzene rings is 3. The van der Waals surface area contributed by atoms with Gasteiger partial charge in [-0.3, -0.25) is 4.79 Å². The van der Waals surface area contributed by atoms with Crippen molar-refractivity contribution in [3.63, 3.8) is 0 Å². The molecule has 37 heavy (non-hydrogen) atoms. The molecule has 0 atom stereocenters. The lowest BCUT2D eigenvalue weighted by Crippen LogP contribution is -2.34. The van der Waals surface area contributed by atoms with Gasteiger partial charge in [-0.25, -0.2) is 28.4 Å². The van der Waals surface area contributed by atoms with Gasteiger partial charge in [0.15, 0.2) is 5.69 Å². The zero-order valence-electron chi connectivity index (χ0n) is 19.4. The van der Waals surface area contributed by atoms with Crippen molar-refractivity contribution in [2.75, 3.05) is 5.43 Å². The first-order valence-electron chi connectivity index (χ1n) is 11.3. The van der Waals surface area contributed by atoms with Crippen molar-refractivity contribution in [1.29, 1.82) is 0 Å². The summed E-state index contributed by atoms with van der Waals surface area (Å²) in [5.41, 5.74) is 5.60. The second-order valence-electron chi connectivity index (χ2n) is 8.90. The zero-order valence-corrected chi connectivity index (χ0v) is 19.4. The van der Waals surface area contributed by atoms with Crippen molar-refractivity contribution in [1.82, 2.24) is 19.5 Å². The molecule has 3 aromatic carbocycles. The van der Waals surface area contributed by atoms with Gasteiger partial charge in [0.05, 0.1) is 34.3 Å². The summed E-state index contributed by atoms with van der Waals surface area (Å²) in [5, 5.41) is 10.6. The number of aryl methyl sites for hydroxylation is 1. The Hall–Kier alpha value is -4.77. The molecule has 2 aromatic heterocycles. The highest BCUT2D eigenvalue weighted by molar-refractivity contribution is 6.03. The van der Waals surface area contributed by atoms with Gasteiger partial charge in [0, 0.05) is 17.5 Å². The molecule has 0 fully saturated rings. The Balaban J connectivity index is 1.71. The molecule has 186 valence electrons. The molecular weight excluding hydrogens is 484 g/mol. The number of aromatic carboxylic acids is 1. The number of nitrogens with one attached hydrogen (secondary N) is 3. The molecule has 1 aliphatic rings. The highest BCUT2D eigenvalue weighted by Gasteiger charge is 2.28. The lowest BCUT2D eigenvalue weighted by molar-refractivity contribution is 0.0686. The third kappa shape index (κ3) is 3.43. The number of rotatable bonds is 4. The molecule has 0 unspecified atom stereocenters. The molecule has 0 amide bonds. The minimum Gasteiger partial charge on any atom is -0.477 e. The summed E-state index contributed by atoms with van der Waals surface area (Å²) in [5.74, 6) is -2.66. The van der Waals surface area contributed by atoms with Crippen LogP contribution in [0.25, 0.3) is 27.5 Å². The predicted molar refractivity (Wildman–Crippen MR) is 133 cm³/mol. The maximum absolute atomic E-state index is 15.0. The Bertz CT molecular complexity index is 1900. The van der Waals surface area contributed by atoms with Crippen LogP contribution >= 0.6 is 0 Å². The van der Waals surface area contributed by atoms with Gasteiger partial charge in [0.1, 0.15) is 11.6 Å². The average molecular weight is 503 g/mol. The maximum atomic E-state index is 15.0. The van der Waals surface area contributed by atoms with E-state index in [-0.39, 0.29) is 45.2 Å². The lowest BCUT2D eigenvalue weighted by atomic mass is 10.1. The van der Waals surface area contributed by atoms with E-state index in [1.807, 2.05) is 0 Å². The van der Waals surface area contributed by atoms with Crippen LogP contribution in [0.15, 0.2) is 58.1 Å². The maximum Gasteiger partial charge on any atom is 0.354 e. The van der Waals surface area contributed by atoms with E-state index in [2.05, 4.69) is 15.8 Å². The summed E-state index contributed by atoms with van der Waals surface area (Å²) in [6, 6.07) is 11.7. The van der Waals surface area contributed by atoms with E-state index >= 15 is 4.39 Å². The minimum absolute atomic E-state index is 0.0981. The molecule has 11 heteroatoms. The van der Waals surface area contributed by atoms with Crippen LogP contribution in [0.3, 0.4) is 0 Å². The fourth-order valence-corrected chi connectivity index (χ4v) is 4.88. The summed E-state index contributed by atoms with van der Waals surface area (Å²) in [4.78, 5) is 41.8. The van der Waals surface area contributed by atoms with Crippen LogP contribution in [0.4, 0.5) is 14.5 Å². The van der Waals surface area contributed by atoms with Crippen LogP contribution < -0.4 is 22.1 Å². The van der Waals surface area contributed by atoms with Gasteiger partial charge in [-0.05, 0) is 54.4 Å². The fourth-order valence-electron chi connectivity index (χ4n) is 4.88. The standard InChI is InChI=1S/C26H19F2N5O4/c1-12-6-16-21(9-17(12)27)32(11-14-8-20-13(7-18(14)28)10-29-31-20)23(25(35)36)22(16)33-24(34)15-4-2-3-5-19(15)30-26(33)37/h2-9,29,31H,10-11H2,1H3,(H,30,37)(H,35,36). The van der Waals surface area contributed by atoms with Gasteiger partial charge in [0.25, 0.3) is 5.56 Å². The van der Waals surface area contributed by atoms with E-state index in [4.69, 9.17) is 0 Å². The van der Waals surface area contributed by atoms with Crippen molar-refractivity contribution in [3.8, 4) is 5.69 Å². The second kappa shape index (κ2) is 8.14. The van der Waals surface area contributed by atoms with Crippen LogP contribution in [0.2, 0.25) is 0 Å². The smallest absolute Gasteiger partial charge is 0.354 e. The van der Waals surface area contributed by atoms with Crippen molar-refractivity contribution in [3.05, 3.63) is 103 Å². The van der Waals surface area contributed by atoms with Crippen LogP contribution in [-0.4, -0.2) is 25.2 Å². The van der Waals surface area contributed by atoms with E-state index in [0.717, 1.165) is 10.6 Å². The van der Waals surface area contributed by atoms with E-state index in [0.29, 0.717) is 17.8 Å². The predicted octanol–water partition coefficient (Wildman–Crippen LogP) is 3.40. The van der Waals surface area contributed by atoms with Gasteiger partial charge in [0.2, 0.25) is 0 Å². The summed E-state index contributed by atoms with van der Waals surface area (Å²) < 4.78 is 31.7. The quantitative estimate of drug-likeness (QED) is 0.298. The Labute approximate surface area is 206 Å². The number of hydrogen-bond acceptors (Lipinski definition) is 5. The van der Waals surface area contributed by atoms with E-state index < -0.39 is 34.5 Å². The third-order valence-corrected chi connectivity index (χ3v) is 6.65. The van der Waals surface area contributed by atoms with Crippen LogP contribution in [0.1, 0.15) is 27.2 Å². The number of anilines is 1. The van der Waals surface area contributed by atoms with Gasteiger partial charge in [-0.1, -0.05) is 12.1 Å². The van der Waals surface area contributed by atoms with Crippen LogP contribution in [0, 0.1) is 18.6 Å². The molecule has 5 aromatic rings. The SMILES string of the molecule is Cc1cc2c(-n3c(=O)[nH]c4ccccc4c3=O)c(C(=O)O)n(Cc3cc4c(cc3F)CNN4)c2cc1F. The molecule has 1 aliphatic heterocycles. The molecule has 3 heterocycles. The van der Waals surface area contributed by atoms with E-state index in [9.17, 15) is 23.9 Å². The number of hydrazine groups is 1. The summed E-state index contributed by atoms with van der Waals surface area (Å²) in [7, 11) is 0. The second-order valence-corrected chi connectivity index (χ2v) is 8.90. The number of carbonyl (C=O) groups is 1. The summed E-state index contributed by atoms with van der Waals surface area (Å²) in [6.45, 7) is 1.62. The van der Waals surface area contributed by atoms with Crippen molar-refractivity contribution < 1.29 is 18.7 Å². The minimum atomic E-state index is -1.47. The van der Waals surface area contributed by atoms with Crippen molar-refractivity contribution in [2.45, 2.75) is 20.0 Å². The monoisotopic (exact) mass is 503 g/mol. The first kappa shape index (κ1) is 22.7. The van der Waals surface area contributed by atoms with Gasteiger partial charge in [-0.15, -0.1) is 0 Å². The first-order valence-corrected chi connectivity index (χ1v) is 11.3. The Morgan fingerprint density at radius 3 is 2.62 bits per heavy atom. The number of nitrogens with zero attached hydrogens (tertiary/aromatic N) is 2. The average Bonchev–Trinajstić information content (AvgIpc) is 3.42. The van der Waals surface area contributed by atoms with Gasteiger partial charge in [-0.2, -0.15) is 0 Å². The number of aromatic nitrogens is 3. The van der Waals surface area contributed by atoms with Crippen LogP contribution in [-0.2, 0) is 13.1 Å². The number of fused-ring (bicyclic) bond motifs is 3. The first-order chi connectivity index (χ1) is 17.7. The molecule has 4 N–H and O–H groups in total. The Kier molecular flexibility index (Phi) is 4.99. The van der Waals surface area contributed by atoms with Crippen LogP contribution in [0.5, 0.6) is 0 Å². The highest BCUT2D eigenvalue weighted by atomic mass is 19.1. The van der Waals surface area contributed by atoms with E-state index in [1.165, 1.54) is 29.7 Å². The number of carboxylic acids is 1. The molecular formula is C26H19F2N5O4. The molecule has 0 saturated heterocycles. The fraction of sp³-hybridized carbons (Fsp3) is 0.115. The molecule has 0 saturated carbocycles. The van der Waals surface area contributed by atoms with Gasteiger partial charge >= 0.3 is 11.7 Å². The summed E-state index contributed by atoms with van der Waals surface area (Å²) >= 11 is 0.